The van der Waals surface area contributed by atoms with Crippen LogP contribution in [0.1, 0.15) is 12.5 Å². The SMILES string of the molecule is CNCC(C)C(=O)NCC1CN(Cc2ccccc2)CCO1.Cl.Cl. The summed E-state index contributed by atoms with van der Waals surface area (Å²) < 4.78 is 5.76. The molecule has 2 N–H and O–H groups in total. The highest BCUT2D eigenvalue weighted by Gasteiger charge is 2.22. The zero-order valence-electron chi connectivity index (χ0n) is 14.4. The summed E-state index contributed by atoms with van der Waals surface area (Å²) in [6.45, 7) is 6.65. The van der Waals surface area contributed by atoms with Gasteiger partial charge in [-0.15, -0.1) is 24.8 Å². The number of hydrogen-bond acceptors (Lipinski definition) is 4. The number of halogens is 2. The van der Waals surface area contributed by atoms with E-state index in [2.05, 4.69) is 39.8 Å². The monoisotopic (exact) mass is 377 g/mol. The molecule has 1 aliphatic rings. The minimum Gasteiger partial charge on any atom is -0.374 e. The predicted molar refractivity (Wildman–Crippen MR) is 102 cm³/mol. The van der Waals surface area contributed by atoms with E-state index in [-0.39, 0.29) is 42.7 Å². The topological polar surface area (TPSA) is 53.6 Å². The van der Waals surface area contributed by atoms with Crippen molar-refractivity contribution in [2.24, 2.45) is 5.92 Å². The summed E-state index contributed by atoms with van der Waals surface area (Å²) in [6.07, 6.45) is 0.0724. The Bertz CT molecular complexity index is 462. The molecular weight excluding hydrogens is 349 g/mol. The molecule has 2 atom stereocenters. The quantitative estimate of drug-likeness (QED) is 0.759. The van der Waals surface area contributed by atoms with Crippen LogP contribution >= 0.6 is 24.8 Å². The van der Waals surface area contributed by atoms with E-state index in [1.54, 1.807) is 0 Å². The number of rotatable bonds is 7. The number of amides is 1. The van der Waals surface area contributed by atoms with Crippen LogP contribution in [-0.2, 0) is 16.1 Å². The van der Waals surface area contributed by atoms with E-state index in [9.17, 15) is 4.79 Å². The van der Waals surface area contributed by atoms with Crippen molar-refractivity contribution in [3.8, 4) is 0 Å². The van der Waals surface area contributed by atoms with Gasteiger partial charge in [0.15, 0.2) is 0 Å². The fraction of sp³-hybridized carbons (Fsp3) is 0.588. The van der Waals surface area contributed by atoms with Gasteiger partial charge in [-0.2, -0.15) is 0 Å². The van der Waals surface area contributed by atoms with Gasteiger partial charge in [0.2, 0.25) is 5.91 Å². The maximum atomic E-state index is 11.9. The molecule has 24 heavy (non-hydrogen) atoms. The number of ether oxygens (including phenoxy) is 1. The molecule has 138 valence electrons. The number of nitrogens with zero attached hydrogens (tertiary/aromatic N) is 1. The summed E-state index contributed by atoms with van der Waals surface area (Å²) >= 11 is 0. The summed E-state index contributed by atoms with van der Waals surface area (Å²) in [5, 5.41) is 6.01. The second kappa shape index (κ2) is 12.5. The van der Waals surface area contributed by atoms with Crippen molar-refractivity contribution < 1.29 is 9.53 Å². The van der Waals surface area contributed by atoms with Crippen LogP contribution in [0.3, 0.4) is 0 Å². The van der Waals surface area contributed by atoms with Gasteiger partial charge in [0.1, 0.15) is 0 Å². The number of carbonyl (C=O) groups is 1. The third-order valence-corrected chi connectivity index (χ3v) is 3.93. The first-order valence-corrected chi connectivity index (χ1v) is 7.99. The van der Waals surface area contributed by atoms with Crippen LogP contribution in [0, 0.1) is 5.92 Å². The lowest BCUT2D eigenvalue weighted by molar-refractivity contribution is -0.125. The first kappa shape index (κ1) is 23.1. The van der Waals surface area contributed by atoms with Crippen LogP contribution in [0.2, 0.25) is 0 Å². The molecule has 0 saturated carbocycles. The van der Waals surface area contributed by atoms with Gasteiger partial charge in [-0.05, 0) is 12.6 Å². The molecule has 1 heterocycles. The maximum absolute atomic E-state index is 11.9. The van der Waals surface area contributed by atoms with Crippen molar-refractivity contribution in [2.75, 3.05) is 39.8 Å². The molecule has 2 rings (SSSR count). The molecule has 1 aromatic carbocycles. The predicted octanol–water partition coefficient (Wildman–Crippen LogP) is 1.70. The first-order valence-electron chi connectivity index (χ1n) is 7.99. The molecule has 0 spiro atoms. The summed E-state index contributed by atoms with van der Waals surface area (Å²) in [7, 11) is 1.86. The highest BCUT2D eigenvalue weighted by molar-refractivity contribution is 5.85. The zero-order chi connectivity index (χ0) is 15.8. The largest absolute Gasteiger partial charge is 0.374 e. The Morgan fingerprint density at radius 3 is 2.71 bits per heavy atom. The van der Waals surface area contributed by atoms with Crippen LogP contribution in [0.5, 0.6) is 0 Å². The fourth-order valence-corrected chi connectivity index (χ4v) is 2.68. The van der Waals surface area contributed by atoms with Gasteiger partial charge in [-0.1, -0.05) is 37.3 Å². The van der Waals surface area contributed by atoms with Crippen LogP contribution < -0.4 is 10.6 Å². The minimum absolute atomic E-state index is 0. The van der Waals surface area contributed by atoms with Gasteiger partial charge in [0.05, 0.1) is 12.7 Å². The van der Waals surface area contributed by atoms with Gasteiger partial charge < -0.3 is 15.4 Å². The third-order valence-electron chi connectivity index (χ3n) is 3.93. The van der Waals surface area contributed by atoms with E-state index in [4.69, 9.17) is 4.74 Å². The van der Waals surface area contributed by atoms with E-state index in [1.165, 1.54) is 5.56 Å². The Morgan fingerprint density at radius 1 is 1.33 bits per heavy atom. The van der Waals surface area contributed by atoms with E-state index in [1.807, 2.05) is 20.0 Å². The molecule has 7 heteroatoms. The van der Waals surface area contributed by atoms with Crippen LogP contribution in [-0.4, -0.2) is 56.7 Å². The van der Waals surface area contributed by atoms with Crippen LogP contribution in [0.15, 0.2) is 30.3 Å². The Labute approximate surface area is 157 Å². The maximum Gasteiger partial charge on any atom is 0.224 e. The molecule has 0 radical (unpaired) electrons. The number of nitrogens with one attached hydrogen (secondary N) is 2. The van der Waals surface area contributed by atoms with Gasteiger partial charge in [-0.3, -0.25) is 9.69 Å². The van der Waals surface area contributed by atoms with Gasteiger partial charge in [-0.25, -0.2) is 0 Å². The molecule has 0 aromatic heterocycles. The van der Waals surface area contributed by atoms with E-state index in [0.29, 0.717) is 13.1 Å². The second-order valence-electron chi connectivity index (χ2n) is 5.92. The second-order valence-corrected chi connectivity index (χ2v) is 5.92. The molecule has 5 nitrogen and oxygen atoms in total. The van der Waals surface area contributed by atoms with E-state index >= 15 is 0 Å². The van der Waals surface area contributed by atoms with Crippen molar-refractivity contribution in [1.82, 2.24) is 15.5 Å². The first-order chi connectivity index (χ1) is 10.7. The lowest BCUT2D eigenvalue weighted by atomic mass is 10.1. The Hall–Kier alpha value is -0.850. The molecular formula is C17H29Cl2N3O2. The van der Waals surface area contributed by atoms with E-state index < -0.39 is 0 Å². The molecule has 0 bridgehead atoms. The normalized spacial score (nSPS) is 18.8. The van der Waals surface area contributed by atoms with Crippen molar-refractivity contribution in [2.45, 2.75) is 19.6 Å². The van der Waals surface area contributed by atoms with Gasteiger partial charge in [0.25, 0.3) is 0 Å². The molecule has 0 aliphatic carbocycles. The van der Waals surface area contributed by atoms with Crippen molar-refractivity contribution >= 4 is 30.7 Å². The van der Waals surface area contributed by atoms with Crippen molar-refractivity contribution in [3.05, 3.63) is 35.9 Å². The average molecular weight is 378 g/mol. The lowest BCUT2D eigenvalue weighted by Gasteiger charge is -2.33. The van der Waals surface area contributed by atoms with Crippen molar-refractivity contribution in [1.29, 1.82) is 0 Å². The molecule has 1 fully saturated rings. The number of benzene rings is 1. The Kier molecular flexibility index (Phi) is 12.1. The van der Waals surface area contributed by atoms with Gasteiger partial charge >= 0.3 is 0 Å². The lowest BCUT2D eigenvalue weighted by Crippen LogP contribution is -2.48. The minimum atomic E-state index is -0.0194. The van der Waals surface area contributed by atoms with E-state index in [0.717, 1.165) is 26.2 Å². The Balaban J connectivity index is 0.00000264. The fourth-order valence-electron chi connectivity index (χ4n) is 2.68. The third kappa shape index (κ3) is 7.81. The average Bonchev–Trinajstić information content (AvgIpc) is 2.54. The molecule has 1 aliphatic heterocycles. The number of morpholine rings is 1. The highest BCUT2D eigenvalue weighted by Crippen LogP contribution is 2.10. The molecule has 1 saturated heterocycles. The number of carbonyl (C=O) groups excluding carboxylic acids is 1. The number of hydrogen-bond donors (Lipinski definition) is 2. The standard InChI is InChI=1S/C17H27N3O2.2ClH/c1-14(10-18-2)17(21)19-11-16-13-20(8-9-22-16)12-15-6-4-3-5-7-15;;/h3-7,14,16,18H,8-13H2,1-2H3,(H,19,21);2*1H. The summed E-state index contributed by atoms with van der Waals surface area (Å²) in [4.78, 5) is 14.3. The molecule has 1 aromatic rings. The summed E-state index contributed by atoms with van der Waals surface area (Å²) in [5.74, 6) is 0.0622. The zero-order valence-corrected chi connectivity index (χ0v) is 16.0. The summed E-state index contributed by atoms with van der Waals surface area (Å²) in [5.41, 5.74) is 1.31. The van der Waals surface area contributed by atoms with Crippen LogP contribution in [0.25, 0.3) is 0 Å². The smallest absolute Gasteiger partial charge is 0.224 e. The van der Waals surface area contributed by atoms with Crippen molar-refractivity contribution in [3.63, 3.8) is 0 Å². The summed E-state index contributed by atoms with van der Waals surface area (Å²) in [6, 6.07) is 10.5. The highest BCUT2D eigenvalue weighted by atomic mass is 35.5. The van der Waals surface area contributed by atoms with Gasteiger partial charge in [0, 0.05) is 38.6 Å². The molecule has 2 unspecified atom stereocenters. The molecule has 1 amide bonds. The Morgan fingerprint density at radius 2 is 2.04 bits per heavy atom. The van der Waals surface area contributed by atoms with Crippen LogP contribution in [0.4, 0.5) is 0 Å².